The van der Waals surface area contributed by atoms with E-state index in [-0.39, 0.29) is 6.73 Å². The molecule has 0 spiro atoms. The van der Waals surface area contributed by atoms with E-state index >= 15 is 0 Å². The van der Waals surface area contributed by atoms with Crippen LogP contribution in [0.15, 0.2) is 48.5 Å². The zero-order valence-corrected chi connectivity index (χ0v) is 17.6. The number of unbranched alkanes of at least 4 members (excludes halogenated alkanes) is 1. The number of fused-ring (bicyclic) bond motifs is 1. The third-order valence-electron chi connectivity index (χ3n) is 4.41. The van der Waals surface area contributed by atoms with Gasteiger partial charge in [-0.3, -0.25) is 4.90 Å². The van der Waals surface area contributed by atoms with Gasteiger partial charge in [-0.2, -0.15) is 0 Å². The Kier molecular flexibility index (Phi) is 7.98. The van der Waals surface area contributed by atoms with Crippen LogP contribution in [0, 0.1) is 6.92 Å². The first-order valence-corrected chi connectivity index (χ1v) is 10.4. The predicted molar refractivity (Wildman–Crippen MR) is 115 cm³/mol. The van der Waals surface area contributed by atoms with Gasteiger partial charge < -0.3 is 14.2 Å². The minimum absolute atomic E-state index is 0.157. The quantitative estimate of drug-likeness (QED) is 0.339. The molecule has 0 aliphatic heterocycles. The number of para-hydroxylation sites is 2. The number of benzene rings is 2. The molecule has 29 heavy (non-hydrogen) atoms. The van der Waals surface area contributed by atoms with Crippen molar-refractivity contribution in [2.75, 3.05) is 32.0 Å². The van der Waals surface area contributed by atoms with Crippen molar-refractivity contribution in [1.82, 2.24) is 4.98 Å². The van der Waals surface area contributed by atoms with Crippen molar-refractivity contribution in [1.29, 1.82) is 0 Å². The second-order valence-electron chi connectivity index (χ2n) is 6.56. The Morgan fingerprint density at radius 3 is 2.52 bits per heavy atom. The van der Waals surface area contributed by atoms with Crippen molar-refractivity contribution < 1.29 is 19.0 Å². The number of ether oxygens (including phenoxy) is 3. The molecule has 0 bridgehead atoms. The molecular weight excluding hydrogens is 388 g/mol. The Labute approximate surface area is 175 Å². The number of anilines is 1. The summed E-state index contributed by atoms with van der Waals surface area (Å²) >= 11 is 1.67. The van der Waals surface area contributed by atoms with Crippen LogP contribution in [0.3, 0.4) is 0 Å². The zero-order chi connectivity index (χ0) is 20.5. The maximum absolute atomic E-state index is 12.1. The zero-order valence-electron chi connectivity index (χ0n) is 16.8. The van der Waals surface area contributed by atoms with Crippen LogP contribution in [0.4, 0.5) is 10.5 Å². The summed E-state index contributed by atoms with van der Waals surface area (Å²) in [6.45, 7) is 3.84. The summed E-state index contributed by atoms with van der Waals surface area (Å²) in [6.07, 6.45) is 1.30. The van der Waals surface area contributed by atoms with Gasteiger partial charge in [-0.05, 0) is 43.5 Å². The number of amides is 1. The van der Waals surface area contributed by atoms with Crippen molar-refractivity contribution in [2.45, 2.75) is 26.4 Å². The number of rotatable bonds is 10. The van der Waals surface area contributed by atoms with E-state index in [1.807, 2.05) is 49.4 Å². The van der Waals surface area contributed by atoms with Crippen LogP contribution in [0.5, 0.6) is 0 Å². The molecule has 0 fully saturated rings. The number of thiazole rings is 1. The van der Waals surface area contributed by atoms with Gasteiger partial charge in [0.15, 0.2) is 0 Å². The lowest BCUT2D eigenvalue weighted by atomic mass is 10.2. The summed E-state index contributed by atoms with van der Waals surface area (Å²) in [4.78, 5) is 18.1. The molecule has 0 N–H and O–H groups in total. The summed E-state index contributed by atoms with van der Waals surface area (Å²) in [5, 5.41) is 0.995. The lowest BCUT2D eigenvalue weighted by Crippen LogP contribution is -2.33. The molecule has 6 nitrogen and oxygen atoms in total. The molecule has 1 heterocycles. The average molecular weight is 415 g/mol. The van der Waals surface area contributed by atoms with Gasteiger partial charge in [0.05, 0.1) is 29.6 Å². The van der Waals surface area contributed by atoms with Crippen LogP contribution < -0.4 is 4.90 Å². The lowest BCUT2D eigenvalue weighted by Gasteiger charge is -2.22. The van der Waals surface area contributed by atoms with E-state index in [9.17, 15) is 4.79 Å². The highest BCUT2D eigenvalue weighted by molar-refractivity contribution is 7.18. The van der Waals surface area contributed by atoms with Crippen molar-refractivity contribution in [3.63, 3.8) is 0 Å². The number of carbonyl (C=O) groups is 1. The molecule has 154 valence electrons. The number of aromatic nitrogens is 1. The van der Waals surface area contributed by atoms with Gasteiger partial charge in [-0.25, -0.2) is 9.78 Å². The molecule has 7 heteroatoms. The molecule has 3 rings (SSSR count). The third kappa shape index (κ3) is 6.00. The highest BCUT2D eigenvalue weighted by Crippen LogP contribution is 2.22. The van der Waals surface area contributed by atoms with E-state index in [1.165, 1.54) is 16.7 Å². The minimum Gasteiger partial charge on any atom is -0.452 e. The first-order chi connectivity index (χ1) is 14.2. The summed E-state index contributed by atoms with van der Waals surface area (Å²) in [5.41, 5.74) is 2.80. The molecule has 0 saturated carbocycles. The Morgan fingerprint density at radius 1 is 1.03 bits per heavy atom. The molecule has 0 unspecified atom stereocenters. The fourth-order valence-corrected chi connectivity index (χ4v) is 3.81. The van der Waals surface area contributed by atoms with Crippen LogP contribution >= 0.6 is 11.3 Å². The van der Waals surface area contributed by atoms with Gasteiger partial charge in [0.25, 0.3) is 0 Å². The van der Waals surface area contributed by atoms with E-state index < -0.39 is 6.09 Å². The van der Waals surface area contributed by atoms with Gasteiger partial charge in [0.2, 0.25) is 0 Å². The number of aryl methyl sites for hydroxylation is 1. The highest BCUT2D eigenvalue weighted by atomic mass is 32.1. The second-order valence-corrected chi connectivity index (χ2v) is 7.67. The van der Waals surface area contributed by atoms with Gasteiger partial charge in [-0.1, -0.05) is 30.3 Å². The van der Waals surface area contributed by atoms with E-state index in [0.717, 1.165) is 34.6 Å². The van der Waals surface area contributed by atoms with Gasteiger partial charge in [-0.15, -0.1) is 11.3 Å². The summed E-state index contributed by atoms with van der Waals surface area (Å²) in [6, 6.07) is 15.8. The third-order valence-corrected chi connectivity index (χ3v) is 5.42. The van der Waals surface area contributed by atoms with Crippen molar-refractivity contribution in [3.05, 3.63) is 59.1 Å². The van der Waals surface area contributed by atoms with Crippen molar-refractivity contribution >= 4 is 33.3 Å². The molecule has 0 radical (unpaired) electrons. The first kappa shape index (κ1) is 21.2. The molecule has 0 aliphatic rings. The largest absolute Gasteiger partial charge is 0.452 e. The van der Waals surface area contributed by atoms with Crippen LogP contribution in [-0.4, -0.2) is 38.1 Å². The molecule has 1 aromatic heterocycles. The standard InChI is InChI=1S/C22H26N2O4S/c1-17-9-3-5-11-19(17)24(22(25)26-2)16-28-14-8-7-13-27-15-21-23-18-10-4-6-12-20(18)29-21/h3-6,9-12H,7-8,13-16H2,1-2H3. The topological polar surface area (TPSA) is 60.9 Å². The van der Waals surface area contributed by atoms with E-state index in [2.05, 4.69) is 11.1 Å². The van der Waals surface area contributed by atoms with E-state index in [4.69, 9.17) is 14.2 Å². The number of methoxy groups -OCH3 is 1. The lowest BCUT2D eigenvalue weighted by molar-refractivity contribution is 0.0932. The second kappa shape index (κ2) is 10.9. The van der Waals surface area contributed by atoms with Crippen LogP contribution in [0.25, 0.3) is 10.2 Å². The number of hydrogen-bond acceptors (Lipinski definition) is 6. The summed E-state index contributed by atoms with van der Waals surface area (Å²) in [7, 11) is 1.37. The van der Waals surface area contributed by atoms with Gasteiger partial charge in [0, 0.05) is 13.2 Å². The molecule has 0 atom stereocenters. The minimum atomic E-state index is -0.432. The number of hydrogen-bond donors (Lipinski definition) is 0. The van der Waals surface area contributed by atoms with E-state index in [0.29, 0.717) is 19.8 Å². The Morgan fingerprint density at radius 2 is 1.76 bits per heavy atom. The van der Waals surface area contributed by atoms with Crippen LogP contribution in [0.1, 0.15) is 23.4 Å². The Balaban J connectivity index is 1.34. The molecule has 2 aromatic carbocycles. The summed E-state index contributed by atoms with van der Waals surface area (Å²) in [5.74, 6) is 0. The van der Waals surface area contributed by atoms with Crippen molar-refractivity contribution in [2.24, 2.45) is 0 Å². The molecule has 0 aliphatic carbocycles. The maximum Gasteiger partial charge on any atom is 0.415 e. The number of nitrogens with zero attached hydrogens (tertiary/aromatic N) is 2. The van der Waals surface area contributed by atoms with Crippen LogP contribution in [0.2, 0.25) is 0 Å². The Hall–Kier alpha value is -2.48. The first-order valence-electron chi connectivity index (χ1n) is 9.60. The molecule has 0 saturated heterocycles. The SMILES string of the molecule is COC(=O)N(COCCCCOCc1nc2ccccc2s1)c1ccccc1C. The monoisotopic (exact) mass is 414 g/mol. The molecule has 1 amide bonds. The predicted octanol–water partition coefficient (Wildman–Crippen LogP) is 5.15. The van der Waals surface area contributed by atoms with Gasteiger partial charge >= 0.3 is 6.09 Å². The fraction of sp³-hybridized carbons (Fsp3) is 0.364. The maximum atomic E-state index is 12.1. The Bertz CT molecular complexity index is 895. The summed E-state index contributed by atoms with van der Waals surface area (Å²) < 4.78 is 17.5. The highest BCUT2D eigenvalue weighted by Gasteiger charge is 2.17. The average Bonchev–Trinajstić information content (AvgIpc) is 3.16. The normalized spacial score (nSPS) is 11.0. The molecular formula is C22H26N2O4S. The fourth-order valence-electron chi connectivity index (χ4n) is 2.90. The van der Waals surface area contributed by atoms with Crippen molar-refractivity contribution in [3.8, 4) is 0 Å². The molecule has 3 aromatic rings. The smallest absolute Gasteiger partial charge is 0.415 e. The van der Waals surface area contributed by atoms with Gasteiger partial charge in [0.1, 0.15) is 11.7 Å². The van der Waals surface area contributed by atoms with E-state index in [1.54, 1.807) is 11.3 Å². The van der Waals surface area contributed by atoms with Crippen LogP contribution in [-0.2, 0) is 20.8 Å². The number of carbonyl (C=O) groups excluding carboxylic acids is 1.